The van der Waals surface area contributed by atoms with Crippen molar-refractivity contribution < 1.29 is 57.0 Å². The Labute approximate surface area is 314 Å². The van der Waals surface area contributed by atoms with E-state index in [4.69, 9.17) is 42.6 Å². The van der Waals surface area contributed by atoms with E-state index < -0.39 is 0 Å². The molecule has 0 aliphatic heterocycles. The van der Waals surface area contributed by atoms with E-state index >= 15 is 0 Å². The Kier molecular flexibility index (Phi) is 13.9. The summed E-state index contributed by atoms with van der Waals surface area (Å²) in [5.74, 6) is 2.10. The average Bonchev–Trinajstić information content (AvgIpc) is 3.21. The lowest BCUT2D eigenvalue weighted by Crippen LogP contribution is -2.01. The first-order valence-corrected chi connectivity index (χ1v) is 16.3. The van der Waals surface area contributed by atoms with Crippen LogP contribution in [0.25, 0.3) is 18.2 Å². The van der Waals surface area contributed by atoms with Gasteiger partial charge in [-0.3, -0.25) is 14.4 Å². The normalized spacial score (nSPS) is 11.1. The average molecular weight is 739 g/mol. The first-order chi connectivity index (χ1) is 26.1. The molecule has 0 unspecified atom stereocenters. The SMILES string of the molecule is COc1cc(C(=O)/C=C/c2cc(/C=C/C(=O)c3cc(OC)c(OC)c(OC)c3)cc(/C=C/C(=O)c3cc(OC)c(OC)c(OC)c3)c2)cc(OC)c1OC. The first-order valence-electron chi connectivity index (χ1n) is 16.3. The molecular formula is C42H42O12. The van der Waals surface area contributed by atoms with Crippen LogP contribution in [0.2, 0.25) is 0 Å². The van der Waals surface area contributed by atoms with E-state index in [1.165, 1.54) is 82.2 Å². The Hall–Kier alpha value is -6.69. The third kappa shape index (κ3) is 9.20. The van der Waals surface area contributed by atoms with Crippen LogP contribution in [0.5, 0.6) is 51.7 Å². The second-order valence-corrected chi connectivity index (χ2v) is 11.3. The minimum absolute atomic E-state index is 0.309. The van der Waals surface area contributed by atoms with Gasteiger partial charge in [-0.1, -0.05) is 18.2 Å². The standard InChI is InChI=1S/C42H42O12/c1-46-34-19-28(20-35(47-2)40(34)52-7)31(43)13-10-25-16-26(11-14-32(44)29-21-36(48-3)41(53-8)37(22-29)49-4)18-27(17-25)12-15-33(45)30-23-38(50-5)42(54-9)39(24-30)51-6/h10-24H,1-9H3/b13-10+,14-11+,15-12+. The maximum absolute atomic E-state index is 13.4. The summed E-state index contributed by atoms with van der Waals surface area (Å²) in [6.07, 6.45) is 9.09. The van der Waals surface area contributed by atoms with Gasteiger partial charge in [0.05, 0.1) is 64.0 Å². The summed E-state index contributed by atoms with van der Waals surface area (Å²) in [6, 6.07) is 14.7. The number of benzene rings is 4. The Bertz CT molecular complexity index is 1780. The fraction of sp³-hybridized carbons (Fsp3) is 0.214. The molecule has 0 radical (unpaired) electrons. The van der Waals surface area contributed by atoms with E-state index in [1.54, 1.807) is 72.8 Å². The van der Waals surface area contributed by atoms with Crippen molar-refractivity contribution >= 4 is 35.6 Å². The Morgan fingerprint density at radius 2 is 0.537 bits per heavy atom. The number of ether oxygens (including phenoxy) is 9. The van der Waals surface area contributed by atoms with Gasteiger partial charge in [-0.05, 0) is 89.5 Å². The van der Waals surface area contributed by atoms with Crippen LogP contribution in [0.15, 0.2) is 72.8 Å². The predicted octanol–water partition coefficient (Wildman–Crippen LogP) is 7.45. The van der Waals surface area contributed by atoms with Crippen LogP contribution >= 0.6 is 0 Å². The molecule has 0 spiro atoms. The molecule has 0 amide bonds. The van der Waals surface area contributed by atoms with Gasteiger partial charge in [-0.25, -0.2) is 0 Å². The zero-order valence-electron chi connectivity index (χ0n) is 31.6. The van der Waals surface area contributed by atoms with Gasteiger partial charge >= 0.3 is 0 Å². The topological polar surface area (TPSA) is 134 Å². The molecule has 0 saturated heterocycles. The number of methoxy groups -OCH3 is 9. The van der Waals surface area contributed by atoms with Crippen molar-refractivity contribution in [3.8, 4) is 51.7 Å². The quantitative estimate of drug-likeness (QED) is 0.0741. The van der Waals surface area contributed by atoms with Gasteiger partial charge in [-0.2, -0.15) is 0 Å². The Morgan fingerprint density at radius 1 is 0.333 bits per heavy atom. The van der Waals surface area contributed by atoms with Gasteiger partial charge < -0.3 is 42.6 Å². The molecule has 282 valence electrons. The van der Waals surface area contributed by atoms with Gasteiger partial charge in [0.1, 0.15) is 0 Å². The summed E-state index contributed by atoms with van der Waals surface area (Å²) in [5.41, 5.74) is 2.76. The van der Waals surface area contributed by atoms with Crippen LogP contribution in [-0.2, 0) is 0 Å². The molecule has 0 heterocycles. The summed E-state index contributed by atoms with van der Waals surface area (Å²) in [7, 11) is 13.2. The van der Waals surface area contributed by atoms with Crippen LogP contribution in [0.3, 0.4) is 0 Å². The molecule has 0 aliphatic rings. The number of hydrogen-bond donors (Lipinski definition) is 0. The van der Waals surface area contributed by atoms with E-state index in [1.807, 2.05) is 0 Å². The van der Waals surface area contributed by atoms with Gasteiger partial charge in [0, 0.05) is 16.7 Å². The minimum atomic E-state index is -0.331. The Balaban J connectivity index is 1.74. The highest BCUT2D eigenvalue weighted by atomic mass is 16.5. The number of rotatable bonds is 18. The molecule has 12 nitrogen and oxygen atoms in total. The number of carbonyl (C=O) groups excluding carboxylic acids is 3. The Morgan fingerprint density at radius 3 is 0.704 bits per heavy atom. The van der Waals surface area contributed by atoms with Crippen molar-refractivity contribution in [2.45, 2.75) is 0 Å². The molecule has 4 aromatic rings. The molecule has 0 aromatic heterocycles. The lowest BCUT2D eigenvalue weighted by Gasteiger charge is -2.13. The summed E-state index contributed by atoms with van der Waals surface area (Å²) in [6.45, 7) is 0. The van der Waals surface area contributed by atoms with E-state index in [0.29, 0.717) is 85.1 Å². The predicted molar refractivity (Wildman–Crippen MR) is 205 cm³/mol. The van der Waals surface area contributed by atoms with Gasteiger partial charge in [-0.15, -0.1) is 0 Å². The highest BCUT2D eigenvalue weighted by Gasteiger charge is 2.18. The van der Waals surface area contributed by atoms with Crippen molar-refractivity contribution in [3.63, 3.8) is 0 Å². The number of ketones is 3. The van der Waals surface area contributed by atoms with Crippen molar-refractivity contribution in [1.82, 2.24) is 0 Å². The number of allylic oxidation sites excluding steroid dienone is 3. The van der Waals surface area contributed by atoms with Crippen LogP contribution in [0, 0.1) is 0 Å². The molecular weight excluding hydrogens is 696 g/mol. The molecule has 0 fully saturated rings. The fourth-order valence-electron chi connectivity index (χ4n) is 5.47. The molecule has 0 aliphatic carbocycles. The lowest BCUT2D eigenvalue weighted by molar-refractivity contribution is 0.103. The summed E-state index contributed by atoms with van der Waals surface area (Å²) >= 11 is 0. The highest BCUT2D eigenvalue weighted by molar-refractivity contribution is 6.09. The lowest BCUT2D eigenvalue weighted by atomic mass is 10.0. The molecule has 12 heteroatoms. The van der Waals surface area contributed by atoms with Crippen LogP contribution < -0.4 is 42.6 Å². The van der Waals surface area contributed by atoms with Gasteiger partial charge in [0.2, 0.25) is 17.2 Å². The molecule has 0 atom stereocenters. The maximum atomic E-state index is 13.4. The monoisotopic (exact) mass is 738 g/mol. The third-order valence-electron chi connectivity index (χ3n) is 8.13. The highest BCUT2D eigenvalue weighted by Crippen LogP contribution is 2.40. The van der Waals surface area contributed by atoms with E-state index in [2.05, 4.69) is 0 Å². The summed E-state index contributed by atoms with van der Waals surface area (Å²) in [4.78, 5) is 40.1. The van der Waals surface area contributed by atoms with Gasteiger partial charge in [0.15, 0.2) is 51.8 Å². The first kappa shape index (κ1) is 40.1. The molecule has 0 saturated carbocycles. The van der Waals surface area contributed by atoms with Crippen LogP contribution in [0.1, 0.15) is 47.8 Å². The zero-order chi connectivity index (χ0) is 39.4. The van der Waals surface area contributed by atoms with Crippen molar-refractivity contribution in [2.24, 2.45) is 0 Å². The molecule has 0 N–H and O–H groups in total. The molecule has 0 bridgehead atoms. The largest absolute Gasteiger partial charge is 0.493 e. The van der Waals surface area contributed by atoms with Gasteiger partial charge in [0.25, 0.3) is 0 Å². The van der Waals surface area contributed by atoms with Crippen molar-refractivity contribution in [2.75, 3.05) is 64.0 Å². The third-order valence-corrected chi connectivity index (χ3v) is 8.13. The van der Waals surface area contributed by atoms with Crippen molar-refractivity contribution in [3.05, 3.63) is 106 Å². The number of hydrogen-bond acceptors (Lipinski definition) is 12. The second kappa shape index (κ2) is 18.7. The molecule has 4 aromatic carbocycles. The number of carbonyl (C=O) groups is 3. The van der Waals surface area contributed by atoms with E-state index in [-0.39, 0.29) is 17.3 Å². The minimum Gasteiger partial charge on any atom is -0.493 e. The summed E-state index contributed by atoms with van der Waals surface area (Å²) in [5, 5.41) is 0. The molecule has 4 rings (SSSR count). The fourth-order valence-corrected chi connectivity index (χ4v) is 5.47. The smallest absolute Gasteiger partial charge is 0.203 e. The van der Waals surface area contributed by atoms with E-state index in [9.17, 15) is 14.4 Å². The molecule has 54 heavy (non-hydrogen) atoms. The second-order valence-electron chi connectivity index (χ2n) is 11.3. The van der Waals surface area contributed by atoms with E-state index in [0.717, 1.165) is 0 Å². The van der Waals surface area contributed by atoms with Crippen molar-refractivity contribution in [1.29, 1.82) is 0 Å². The maximum Gasteiger partial charge on any atom is 0.203 e. The summed E-state index contributed by atoms with van der Waals surface area (Å²) < 4.78 is 48.5. The zero-order valence-corrected chi connectivity index (χ0v) is 31.6. The van der Waals surface area contributed by atoms with Crippen LogP contribution in [0.4, 0.5) is 0 Å². The van der Waals surface area contributed by atoms with Crippen LogP contribution in [-0.4, -0.2) is 81.3 Å².